The van der Waals surface area contributed by atoms with Gasteiger partial charge in [-0.25, -0.2) is 8.42 Å². The van der Waals surface area contributed by atoms with Crippen LogP contribution in [0, 0.1) is 0 Å². The summed E-state index contributed by atoms with van der Waals surface area (Å²) in [6, 6.07) is 6.43. The van der Waals surface area contributed by atoms with Crippen LogP contribution in [-0.2, 0) is 26.0 Å². The third-order valence-corrected chi connectivity index (χ3v) is 2.77. The highest BCUT2D eigenvalue weighted by Gasteiger charge is 2.12. The molecule has 1 aromatic rings. The molecule has 0 heterocycles. The zero-order valence-electron chi connectivity index (χ0n) is 7.68. The number of carboxylic acids is 1. The molecule has 0 radical (unpaired) electrons. The Morgan fingerprint density at radius 1 is 1.27 bits per heavy atom. The van der Waals surface area contributed by atoms with Crippen molar-refractivity contribution in [1.82, 2.24) is 0 Å². The van der Waals surface area contributed by atoms with Crippen molar-refractivity contribution in [3.05, 3.63) is 35.4 Å². The molecule has 0 aliphatic rings. The average molecular weight is 249 g/mol. The van der Waals surface area contributed by atoms with Gasteiger partial charge in [0, 0.05) is 10.7 Å². The van der Waals surface area contributed by atoms with E-state index in [1.54, 1.807) is 24.3 Å². The molecular formula is C9H9ClO4S. The molecule has 6 heteroatoms. The van der Waals surface area contributed by atoms with Gasteiger partial charge in [-0.3, -0.25) is 4.79 Å². The second-order valence-corrected chi connectivity index (χ2v) is 5.80. The smallest absolute Gasteiger partial charge is 0.307 e. The van der Waals surface area contributed by atoms with Gasteiger partial charge in [0.25, 0.3) is 0 Å². The number of aliphatic carboxylic acids is 1. The molecule has 1 rings (SSSR count). The van der Waals surface area contributed by atoms with E-state index in [0.717, 1.165) is 0 Å². The number of halogens is 1. The first-order valence-corrected chi connectivity index (χ1v) is 6.57. The van der Waals surface area contributed by atoms with Gasteiger partial charge in [0.05, 0.1) is 12.2 Å². The standard InChI is InChI=1S/C9H9ClO4S/c10-15(13,14)6-8-4-2-1-3-7(8)5-9(11)12/h1-4H,5-6H2,(H,11,12). The summed E-state index contributed by atoms with van der Waals surface area (Å²) >= 11 is 0. The van der Waals surface area contributed by atoms with Crippen LogP contribution in [0.15, 0.2) is 24.3 Å². The third-order valence-electron chi connectivity index (χ3n) is 1.79. The van der Waals surface area contributed by atoms with Crippen molar-refractivity contribution in [1.29, 1.82) is 0 Å². The molecule has 15 heavy (non-hydrogen) atoms. The van der Waals surface area contributed by atoms with Gasteiger partial charge in [0.1, 0.15) is 0 Å². The van der Waals surface area contributed by atoms with Crippen LogP contribution in [-0.4, -0.2) is 19.5 Å². The van der Waals surface area contributed by atoms with Gasteiger partial charge in [0.2, 0.25) is 9.05 Å². The number of benzene rings is 1. The second kappa shape index (κ2) is 4.63. The van der Waals surface area contributed by atoms with E-state index in [4.69, 9.17) is 15.8 Å². The molecule has 0 amide bonds. The van der Waals surface area contributed by atoms with Crippen molar-refractivity contribution in [2.24, 2.45) is 0 Å². The minimum Gasteiger partial charge on any atom is -0.481 e. The minimum atomic E-state index is -3.66. The maximum Gasteiger partial charge on any atom is 0.307 e. The van der Waals surface area contributed by atoms with E-state index in [0.29, 0.717) is 11.1 Å². The van der Waals surface area contributed by atoms with Crippen LogP contribution in [0.4, 0.5) is 0 Å². The number of hydrogen-bond donors (Lipinski definition) is 1. The molecule has 0 aliphatic heterocycles. The summed E-state index contributed by atoms with van der Waals surface area (Å²) in [7, 11) is 1.44. The van der Waals surface area contributed by atoms with Crippen LogP contribution < -0.4 is 0 Å². The molecule has 0 saturated carbocycles. The van der Waals surface area contributed by atoms with Crippen molar-refractivity contribution in [2.75, 3.05) is 0 Å². The summed E-state index contributed by atoms with van der Waals surface area (Å²) < 4.78 is 21.7. The zero-order valence-corrected chi connectivity index (χ0v) is 9.25. The molecule has 0 spiro atoms. The number of carboxylic acid groups (broad SMARTS) is 1. The first-order chi connectivity index (χ1) is 6.88. The number of hydrogen-bond acceptors (Lipinski definition) is 3. The Balaban J connectivity index is 3.01. The minimum absolute atomic E-state index is 0.206. The number of rotatable bonds is 4. The lowest BCUT2D eigenvalue weighted by Gasteiger charge is -2.04. The lowest BCUT2D eigenvalue weighted by atomic mass is 10.1. The molecule has 0 aliphatic carbocycles. The lowest BCUT2D eigenvalue weighted by Crippen LogP contribution is -2.05. The second-order valence-electron chi connectivity index (χ2n) is 3.02. The van der Waals surface area contributed by atoms with E-state index in [-0.39, 0.29) is 12.2 Å². The van der Waals surface area contributed by atoms with Crippen LogP contribution in [0.1, 0.15) is 11.1 Å². The summed E-state index contributed by atoms with van der Waals surface area (Å²) in [5.41, 5.74) is 0.893. The van der Waals surface area contributed by atoms with E-state index >= 15 is 0 Å². The van der Waals surface area contributed by atoms with E-state index in [9.17, 15) is 13.2 Å². The molecule has 0 saturated heterocycles. The Labute approximate surface area is 91.9 Å². The molecule has 1 N–H and O–H groups in total. The molecule has 82 valence electrons. The highest BCUT2D eigenvalue weighted by molar-refractivity contribution is 8.13. The number of carbonyl (C=O) groups is 1. The summed E-state index contributed by atoms with van der Waals surface area (Å²) in [6.45, 7) is 0. The molecule has 0 fully saturated rings. The topological polar surface area (TPSA) is 71.4 Å². The van der Waals surface area contributed by atoms with Gasteiger partial charge < -0.3 is 5.11 Å². The largest absolute Gasteiger partial charge is 0.481 e. The molecule has 1 aromatic carbocycles. The summed E-state index contributed by atoms with van der Waals surface area (Å²) in [4.78, 5) is 10.5. The average Bonchev–Trinajstić information content (AvgIpc) is 2.05. The third kappa shape index (κ3) is 4.31. The maximum atomic E-state index is 10.9. The van der Waals surface area contributed by atoms with E-state index in [2.05, 4.69) is 0 Å². The van der Waals surface area contributed by atoms with Crippen molar-refractivity contribution < 1.29 is 18.3 Å². The fourth-order valence-electron chi connectivity index (χ4n) is 1.22. The van der Waals surface area contributed by atoms with Crippen molar-refractivity contribution in [2.45, 2.75) is 12.2 Å². The SMILES string of the molecule is O=C(O)Cc1ccccc1CS(=O)(=O)Cl. The highest BCUT2D eigenvalue weighted by atomic mass is 35.7. The molecule has 0 bridgehead atoms. The van der Waals surface area contributed by atoms with Crippen molar-refractivity contribution in [3.63, 3.8) is 0 Å². The quantitative estimate of drug-likeness (QED) is 0.818. The Morgan fingerprint density at radius 2 is 1.80 bits per heavy atom. The highest BCUT2D eigenvalue weighted by Crippen LogP contribution is 2.15. The van der Waals surface area contributed by atoms with E-state index in [1.807, 2.05) is 0 Å². The fraction of sp³-hybridized carbons (Fsp3) is 0.222. The molecule has 0 unspecified atom stereocenters. The Morgan fingerprint density at radius 3 is 2.27 bits per heavy atom. The zero-order chi connectivity index (χ0) is 11.5. The van der Waals surface area contributed by atoms with Gasteiger partial charge in [0.15, 0.2) is 0 Å². The first-order valence-electron chi connectivity index (χ1n) is 4.09. The molecular weight excluding hydrogens is 240 g/mol. The Bertz CT molecular complexity index is 467. The summed E-state index contributed by atoms with van der Waals surface area (Å²) in [6.07, 6.45) is -0.206. The lowest BCUT2D eigenvalue weighted by molar-refractivity contribution is -0.136. The predicted octanol–water partition coefficient (Wildman–Crippen LogP) is 1.38. The maximum absolute atomic E-state index is 10.9. The van der Waals surface area contributed by atoms with Gasteiger partial charge in [-0.1, -0.05) is 24.3 Å². The van der Waals surface area contributed by atoms with Crippen LogP contribution >= 0.6 is 10.7 Å². The molecule has 4 nitrogen and oxygen atoms in total. The van der Waals surface area contributed by atoms with Crippen LogP contribution in [0.3, 0.4) is 0 Å². The molecule has 0 atom stereocenters. The van der Waals surface area contributed by atoms with Gasteiger partial charge in [-0.15, -0.1) is 0 Å². The monoisotopic (exact) mass is 248 g/mol. The van der Waals surface area contributed by atoms with Crippen LogP contribution in [0.25, 0.3) is 0 Å². The van der Waals surface area contributed by atoms with E-state index in [1.165, 1.54) is 0 Å². The van der Waals surface area contributed by atoms with Gasteiger partial charge in [-0.05, 0) is 11.1 Å². The fourth-order valence-corrected chi connectivity index (χ4v) is 2.23. The van der Waals surface area contributed by atoms with Gasteiger partial charge in [-0.2, -0.15) is 0 Å². The summed E-state index contributed by atoms with van der Waals surface area (Å²) in [5, 5.41) is 8.61. The van der Waals surface area contributed by atoms with Crippen molar-refractivity contribution >= 4 is 25.7 Å². The normalized spacial score (nSPS) is 11.3. The van der Waals surface area contributed by atoms with Crippen LogP contribution in [0.2, 0.25) is 0 Å². The Hall–Kier alpha value is -1.07. The van der Waals surface area contributed by atoms with Crippen LogP contribution in [0.5, 0.6) is 0 Å². The van der Waals surface area contributed by atoms with Crippen molar-refractivity contribution in [3.8, 4) is 0 Å². The summed E-state index contributed by atoms with van der Waals surface area (Å²) in [5.74, 6) is -1.35. The van der Waals surface area contributed by atoms with Gasteiger partial charge >= 0.3 is 5.97 Å². The Kier molecular flexibility index (Phi) is 3.71. The molecule has 0 aromatic heterocycles. The predicted molar refractivity (Wildman–Crippen MR) is 56.3 cm³/mol. The van der Waals surface area contributed by atoms with E-state index < -0.39 is 15.0 Å². The first kappa shape index (κ1) is 12.0.